The molecule has 1 aromatic heterocycles. The van der Waals surface area contributed by atoms with Crippen molar-refractivity contribution in [2.24, 2.45) is 0 Å². The van der Waals surface area contributed by atoms with Crippen LogP contribution in [0.15, 0.2) is 30.3 Å². The molecule has 1 aliphatic heterocycles. The van der Waals surface area contributed by atoms with Crippen molar-refractivity contribution < 1.29 is 14.7 Å². The molecule has 3 rings (SSSR count). The van der Waals surface area contributed by atoms with E-state index in [0.717, 1.165) is 21.4 Å². The topological polar surface area (TPSA) is 69.6 Å². The fourth-order valence-electron chi connectivity index (χ4n) is 3.00. The average molecular weight is 332 g/mol. The van der Waals surface area contributed by atoms with Gasteiger partial charge in [-0.15, -0.1) is 11.3 Å². The van der Waals surface area contributed by atoms with Gasteiger partial charge in [0.1, 0.15) is 12.1 Å². The second kappa shape index (κ2) is 6.68. The third-order valence-electron chi connectivity index (χ3n) is 4.20. The van der Waals surface area contributed by atoms with Gasteiger partial charge in [-0.25, -0.2) is 0 Å². The summed E-state index contributed by atoms with van der Waals surface area (Å²) in [6.07, 6.45) is 0.796. The number of rotatable bonds is 4. The van der Waals surface area contributed by atoms with Crippen LogP contribution in [0.4, 0.5) is 0 Å². The van der Waals surface area contributed by atoms with Crippen molar-refractivity contribution in [2.45, 2.75) is 31.9 Å². The number of nitrogens with zero attached hydrogens (tertiary/aromatic N) is 1. The van der Waals surface area contributed by atoms with Gasteiger partial charge in [0.2, 0.25) is 11.8 Å². The molecule has 2 N–H and O–H groups in total. The smallest absolute Gasteiger partial charge is 0.242 e. The zero-order valence-corrected chi connectivity index (χ0v) is 13.8. The van der Waals surface area contributed by atoms with E-state index in [1.165, 1.54) is 18.3 Å². The minimum atomic E-state index is -0.733. The maximum Gasteiger partial charge on any atom is 0.242 e. The Hall–Kier alpha value is -1.92. The molecule has 1 aromatic carbocycles. The highest BCUT2D eigenvalue weighted by atomic mass is 32.1. The Kier molecular flexibility index (Phi) is 4.63. The molecule has 1 saturated heterocycles. The first-order valence-electron chi connectivity index (χ1n) is 7.77. The first-order chi connectivity index (χ1) is 11.1. The number of fused-ring (bicyclic) bond motifs is 1. The van der Waals surface area contributed by atoms with Crippen molar-refractivity contribution >= 4 is 33.2 Å². The Morgan fingerprint density at radius 2 is 2.22 bits per heavy atom. The lowest BCUT2D eigenvalue weighted by Gasteiger charge is -2.22. The Labute approximate surface area is 138 Å². The number of carbonyl (C=O) groups is 2. The van der Waals surface area contributed by atoms with Crippen LogP contribution in [0.5, 0.6) is 0 Å². The van der Waals surface area contributed by atoms with E-state index in [1.54, 1.807) is 4.90 Å². The van der Waals surface area contributed by atoms with Crippen LogP contribution < -0.4 is 5.32 Å². The first-order valence-corrected chi connectivity index (χ1v) is 8.59. The molecule has 2 heterocycles. The van der Waals surface area contributed by atoms with E-state index in [-0.39, 0.29) is 18.4 Å². The maximum atomic E-state index is 12.3. The van der Waals surface area contributed by atoms with Crippen LogP contribution in [-0.4, -0.2) is 41.0 Å². The van der Waals surface area contributed by atoms with Gasteiger partial charge in [0.25, 0.3) is 0 Å². The summed E-state index contributed by atoms with van der Waals surface area (Å²) in [4.78, 5) is 26.2. The fraction of sp³-hybridized carbons (Fsp3) is 0.412. The second-order valence-electron chi connectivity index (χ2n) is 5.82. The lowest BCUT2D eigenvalue weighted by atomic mass is 10.2. The molecule has 122 valence electrons. The molecular formula is C17H20N2O3S. The lowest BCUT2D eigenvalue weighted by Crippen LogP contribution is -2.46. The van der Waals surface area contributed by atoms with Gasteiger partial charge < -0.3 is 15.3 Å². The van der Waals surface area contributed by atoms with Crippen LogP contribution >= 0.6 is 11.3 Å². The van der Waals surface area contributed by atoms with E-state index in [1.807, 2.05) is 30.3 Å². The minimum Gasteiger partial charge on any atom is -0.386 e. The molecule has 0 saturated carbocycles. The molecule has 0 radical (unpaired) electrons. The summed E-state index contributed by atoms with van der Waals surface area (Å²) in [5.41, 5.74) is 0. The number of hydrogen-bond donors (Lipinski definition) is 2. The number of benzene rings is 1. The molecule has 0 aliphatic carbocycles. The van der Waals surface area contributed by atoms with Gasteiger partial charge in [-0.1, -0.05) is 18.2 Å². The second-order valence-corrected chi connectivity index (χ2v) is 6.93. The molecular weight excluding hydrogens is 312 g/mol. The van der Waals surface area contributed by atoms with Crippen LogP contribution in [-0.2, 0) is 9.59 Å². The summed E-state index contributed by atoms with van der Waals surface area (Å²) in [5, 5.41) is 14.2. The van der Waals surface area contributed by atoms with Crippen molar-refractivity contribution in [1.29, 1.82) is 0 Å². The molecule has 5 nitrogen and oxygen atoms in total. The summed E-state index contributed by atoms with van der Waals surface area (Å²) in [7, 11) is 0. The molecule has 1 aliphatic rings. The molecule has 2 unspecified atom stereocenters. The van der Waals surface area contributed by atoms with Gasteiger partial charge in [-0.05, 0) is 30.4 Å². The molecule has 23 heavy (non-hydrogen) atoms. The maximum absolute atomic E-state index is 12.3. The Bertz CT molecular complexity index is 694. The first kappa shape index (κ1) is 16.0. The summed E-state index contributed by atoms with van der Waals surface area (Å²) in [6, 6.07) is 9.49. The van der Waals surface area contributed by atoms with Gasteiger partial charge >= 0.3 is 0 Å². The third-order valence-corrected chi connectivity index (χ3v) is 5.42. The quantitative estimate of drug-likeness (QED) is 0.900. The van der Waals surface area contributed by atoms with E-state index >= 15 is 0 Å². The van der Waals surface area contributed by atoms with Gasteiger partial charge in [0.15, 0.2) is 0 Å². The Morgan fingerprint density at radius 3 is 2.96 bits per heavy atom. The van der Waals surface area contributed by atoms with Crippen LogP contribution in [0.1, 0.15) is 30.7 Å². The summed E-state index contributed by atoms with van der Waals surface area (Å²) < 4.78 is 1.12. The molecule has 2 aromatic rings. The van der Waals surface area contributed by atoms with Gasteiger partial charge in [-0.3, -0.25) is 9.59 Å². The molecule has 6 heteroatoms. The SMILES string of the molecule is CC(=O)N1CCCC1C(=O)NCC(O)c1cc2ccccc2s1. The molecule has 0 spiro atoms. The number of thiophene rings is 1. The normalized spacial score (nSPS) is 19.0. The van der Waals surface area contributed by atoms with Gasteiger partial charge in [0, 0.05) is 29.6 Å². The summed E-state index contributed by atoms with van der Waals surface area (Å²) >= 11 is 1.53. The van der Waals surface area contributed by atoms with Gasteiger partial charge in [-0.2, -0.15) is 0 Å². The van der Waals surface area contributed by atoms with E-state index in [4.69, 9.17) is 0 Å². The number of amides is 2. The number of nitrogens with one attached hydrogen (secondary N) is 1. The lowest BCUT2D eigenvalue weighted by molar-refractivity contribution is -0.137. The van der Waals surface area contributed by atoms with Crippen molar-refractivity contribution in [3.05, 3.63) is 35.2 Å². The van der Waals surface area contributed by atoms with Crippen LogP contribution in [0.25, 0.3) is 10.1 Å². The highest BCUT2D eigenvalue weighted by Gasteiger charge is 2.32. The van der Waals surface area contributed by atoms with Crippen LogP contribution in [0.3, 0.4) is 0 Å². The Morgan fingerprint density at radius 1 is 1.43 bits per heavy atom. The third kappa shape index (κ3) is 3.38. The predicted octanol–water partition coefficient (Wildman–Crippen LogP) is 2.06. The monoisotopic (exact) mass is 332 g/mol. The van der Waals surface area contributed by atoms with Gasteiger partial charge in [0.05, 0.1) is 0 Å². The van der Waals surface area contributed by atoms with E-state index in [0.29, 0.717) is 13.0 Å². The Balaban J connectivity index is 1.61. The van der Waals surface area contributed by atoms with E-state index < -0.39 is 12.1 Å². The summed E-state index contributed by atoms with van der Waals surface area (Å²) in [5.74, 6) is -0.259. The van der Waals surface area contributed by atoms with Crippen molar-refractivity contribution in [3.8, 4) is 0 Å². The van der Waals surface area contributed by atoms with E-state index in [9.17, 15) is 14.7 Å². The van der Waals surface area contributed by atoms with Crippen molar-refractivity contribution in [3.63, 3.8) is 0 Å². The largest absolute Gasteiger partial charge is 0.386 e. The standard InChI is InChI=1S/C17H20N2O3S/c1-11(20)19-8-4-6-13(19)17(22)18-10-14(21)16-9-12-5-2-3-7-15(12)23-16/h2-3,5,7,9,13-14,21H,4,6,8,10H2,1H3,(H,18,22). The van der Waals surface area contributed by atoms with E-state index in [2.05, 4.69) is 5.32 Å². The minimum absolute atomic E-state index is 0.0762. The number of hydrogen-bond acceptors (Lipinski definition) is 4. The van der Waals surface area contributed by atoms with Crippen LogP contribution in [0, 0.1) is 0 Å². The number of likely N-dealkylation sites (tertiary alicyclic amines) is 1. The number of carbonyl (C=O) groups excluding carboxylic acids is 2. The highest BCUT2D eigenvalue weighted by molar-refractivity contribution is 7.19. The summed E-state index contributed by atoms with van der Waals surface area (Å²) in [6.45, 7) is 2.28. The predicted molar refractivity (Wildman–Crippen MR) is 90.2 cm³/mol. The zero-order chi connectivity index (χ0) is 16.4. The van der Waals surface area contributed by atoms with Crippen LogP contribution in [0.2, 0.25) is 0 Å². The molecule has 2 amide bonds. The van der Waals surface area contributed by atoms with Crippen molar-refractivity contribution in [1.82, 2.24) is 10.2 Å². The molecule has 0 bridgehead atoms. The average Bonchev–Trinajstić information content (AvgIpc) is 3.18. The molecule has 1 fully saturated rings. The highest BCUT2D eigenvalue weighted by Crippen LogP contribution is 2.29. The number of aliphatic hydroxyl groups excluding tert-OH is 1. The fourth-order valence-corrected chi connectivity index (χ4v) is 4.05. The number of aliphatic hydroxyl groups is 1. The van der Waals surface area contributed by atoms with Crippen molar-refractivity contribution in [2.75, 3.05) is 13.1 Å². The molecule has 2 atom stereocenters. The zero-order valence-electron chi connectivity index (χ0n) is 13.0.